The number of hydrogen-bond donors (Lipinski definition) is 0. The van der Waals surface area contributed by atoms with E-state index in [0.29, 0.717) is 5.92 Å². The smallest absolute Gasteiger partial charge is 0.164 e. The van der Waals surface area contributed by atoms with Gasteiger partial charge in [0.25, 0.3) is 0 Å². The summed E-state index contributed by atoms with van der Waals surface area (Å²) in [5.41, 5.74) is 4.06. The molecule has 0 unspecified atom stereocenters. The summed E-state index contributed by atoms with van der Waals surface area (Å²) in [4.78, 5) is 4.69. The molecule has 0 aromatic heterocycles. The molecule has 96 valence electrons. The van der Waals surface area contributed by atoms with Crippen molar-refractivity contribution in [3.05, 3.63) is 23.3 Å². The molecule has 3 nitrogen and oxygen atoms in total. The van der Waals surface area contributed by atoms with E-state index in [2.05, 4.69) is 6.07 Å². The minimum Gasteiger partial charge on any atom is -0.493 e. The molecule has 0 saturated carbocycles. The Kier molecular flexibility index (Phi) is 2.98. The maximum atomic E-state index is 5.55. The maximum Gasteiger partial charge on any atom is 0.164 e. The zero-order chi connectivity index (χ0) is 12.5. The highest BCUT2D eigenvalue weighted by atomic mass is 16.5. The largest absolute Gasteiger partial charge is 0.493 e. The fourth-order valence-corrected chi connectivity index (χ4v) is 3.14. The van der Waals surface area contributed by atoms with E-state index < -0.39 is 0 Å². The van der Waals surface area contributed by atoms with Gasteiger partial charge in [0.2, 0.25) is 0 Å². The monoisotopic (exact) mass is 245 g/mol. The van der Waals surface area contributed by atoms with Crippen LogP contribution in [0.15, 0.2) is 17.1 Å². The lowest BCUT2D eigenvalue weighted by Crippen LogP contribution is -2.29. The number of ether oxygens (including phenoxy) is 2. The molecule has 0 bridgehead atoms. The highest BCUT2D eigenvalue weighted by Crippen LogP contribution is 2.39. The fraction of sp³-hybridized carbons (Fsp3) is 0.533. The lowest BCUT2D eigenvalue weighted by atomic mass is 9.78. The lowest BCUT2D eigenvalue weighted by Gasteiger charge is -2.30. The third-order valence-corrected chi connectivity index (χ3v) is 4.06. The number of hydrogen-bond acceptors (Lipinski definition) is 3. The maximum absolute atomic E-state index is 5.55. The molecule has 3 rings (SSSR count). The van der Waals surface area contributed by atoms with Gasteiger partial charge in [0.15, 0.2) is 11.5 Å². The Balaban J connectivity index is 2.05. The summed E-state index contributed by atoms with van der Waals surface area (Å²) in [6, 6.07) is 4.16. The lowest BCUT2D eigenvalue weighted by molar-refractivity contribution is 0.349. The van der Waals surface area contributed by atoms with Crippen LogP contribution in [0.5, 0.6) is 11.5 Å². The Hall–Kier alpha value is -1.51. The van der Waals surface area contributed by atoms with Gasteiger partial charge in [0, 0.05) is 30.2 Å². The van der Waals surface area contributed by atoms with Crippen molar-refractivity contribution in [2.24, 2.45) is 10.9 Å². The van der Waals surface area contributed by atoms with Gasteiger partial charge in [-0.3, -0.25) is 4.99 Å². The molecule has 0 radical (unpaired) electrons. The fourth-order valence-electron chi connectivity index (χ4n) is 3.14. The van der Waals surface area contributed by atoms with Gasteiger partial charge in [-0.25, -0.2) is 0 Å². The zero-order valence-corrected chi connectivity index (χ0v) is 11.0. The minimum atomic E-state index is 0.618. The van der Waals surface area contributed by atoms with Crippen LogP contribution in [0.3, 0.4) is 0 Å². The van der Waals surface area contributed by atoms with Gasteiger partial charge in [0.1, 0.15) is 0 Å². The zero-order valence-electron chi connectivity index (χ0n) is 11.0. The van der Waals surface area contributed by atoms with Crippen molar-refractivity contribution in [3.8, 4) is 11.5 Å². The molecule has 1 aliphatic carbocycles. The van der Waals surface area contributed by atoms with E-state index >= 15 is 0 Å². The first-order valence-electron chi connectivity index (χ1n) is 6.59. The summed E-state index contributed by atoms with van der Waals surface area (Å²) < 4.78 is 10.9. The van der Waals surface area contributed by atoms with Crippen LogP contribution < -0.4 is 9.47 Å². The molecular weight excluding hydrogens is 226 g/mol. The Labute approximate surface area is 108 Å². The van der Waals surface area contributed by atoms with Crippen LogP contribution >= 0.6 is 0 Å². The summed E-state index contributed by atoms with van der Waals surface area (Å²) in [5.74, 6) is 2.37. The predicted octanol–water partition coefficient (Wildman–Crippen LogP) is 2.65. The van der Waals surface area contributed by atoms with E-state index in [1.165, 1.54) is 29.7 Å². The number of aliphatic imine (C=N–C) groups is 1. The van der Waals surface area contributed by atoms with E-state index in [4.69, 9.17) is 14.5 Å². The Morgan fingerprint density at radius 1 is 1.22 bits per heavy atom. The van der Waals surface area contributed by atoms with Crippen molar-refractivity contribution in [3.63, 3.8) is 0 Å². The van der Waals surface area contributed by atoms with Gasteiger partial charge >= 0.3 is 0 Å². The molecule has 1 aromatic carbocycles. The van der Waals surface area contributed by atoms with Crippen LogP contribution in [-0.2, 0) is 12.8 Å². The van der Waals surface area contributed by atoms with Gasteiger partial charge < -0.3 is 9.47 Å². The molecule has 1 aliphatic heterocycles. The number of methoxy groups -OCH3 is 2. The SMILES string of the molecule is COc1ccc2c(c1OC)C[C@@H]1CCCN=C1C2. The quantitative estimate of drug-likeness (QED) is 0.802. The van der Waals surface area contributed by atoms with Gasteiger partial charge in [-0.2, -0.15) is 0 Å². The van der Waals surface area contributed by atoms with Gasteiger partial charge in [-0.15, -0.1) is 0 Å². The highest BCUT2D eigenvalue weighted by Gasteiger charge is 2.29. The summed E-state index contributed by atoms with van der Waals surface area (Å²) in [6.45, 7) is 1.01. The topological polar surface area (TPSA) is 30.8 Å². The minimum absolute atomic E-state index is 0.618. The van der Waals surface area contributed by atoms with Crippen molar-refractivity contribution in [2.75, 3.05) is 20.8 Å². The van der Waals surface area contributed by atoms with Gasteiger partial charge in [-0.05, 0) is 30.9 Å². The van der Waals surface area contributed by atoms with E-state index in [9.17, 15) is 0 Å². The molecule has 18 heavy (non-hydrogen) atoms. The molecule has 1 atom stereocenters. The third-order valence-electron chi connectivity index (χ3n) is 4.06. The molecule has 0 fully saturated rings. The molecule has 0 N–H and O–H groups in total. The second-order valence-corrected chi connectivity index (χ2v) is 5.03. The third kappa shape index (κ3) is 1.78. The van der Waals surface area contributed by atoms with E-state index in [1.807, 2.05) is 6.07 Å². The highest BCUT2D eigenvalue weighted by molar-refractivity contribution is 5.91. The molecule has 0 saturated heterocycles. The van der Waals surface area contributed by atoms with Crippen molar-refractivity contribution in [1.82, 2.24) is 0 Å². The van der Waals surface area contributed by atoms with Crippen LogP contribution in [0.1, 0.15) is 24.0 Å². The van der Waals surface area contributed by atoms with Crippen LogP contribution in [0, 0.1) is 5.92 Å². The van der Waals surface area contributed by atoms with E-state index in [0.717, 1.165) is 30.9 Å². The molecule has 0 amide bonds. The first-order chi connectivity index (χ1) is 8.83. The number of benzene rings is 1. The molecule has 1 aromatic rings. The first-order valence-corrected chi connectivity index (χ1v) is 6.59. The van der Waals surface area contributed by atoms with Crippen LogP contribution in [-0.4, -0.2) is 26.5 Å². The van der Waals surface area contributed by atoms with Crippen LogP contribution in [0.25, 0.3) is 0 Å². The second kappa shape index (κ2) is 4.63. The number of fused-ring (bicyclic) bond motifs is 2. The average Bonchev–Trinajstić information content (AvgIpc) is 2.43. The molecule has 0 spiro atoms. The Morgan fingerprint density at radius 3 is 2.89 bits per heavy atom. The van der Waals surface area contributed by atoms with Crippen molar-refractivity contribution in [2.45, 2.75) is 25.7 Å². The first kappa shape index (κ1) is 11.6. The van der Waals surface area contributed by atoms with E-state index in [1.54, 1.807) is 14.2 Å². The summed E-state index contributed by atoms with van der Waals surface area (Å²) in [5, 5.41) is 0. The standard InChI is InChI=1S/C15H19NO2/c1-17-14-6-5-10-9-13-11(4-3-7-16-13)8-12(10)15(14)18-2/h5-6,11H,3-4,7-9H2,1-2H3/t11-/m0/s1. The molecular formula is C15H19NO2. The summed E-state index contributed by atoms with van der Waals surface area (Å²) in [7, 11) is 3.42. The Bertz CT molecular complexity index is 494. The van der Waals surface area contributed by atoms with Crippen LogP contribution in [0.4, 0.5) is 0 Å². The number of nitrogens with zero attached hydrogens (tertiary/aromatic N) is 1. The normalized spacial score (nSPS) is 21.7. The number of rotatable bonds is 2. The average molecular weight is 245 g/mol. The second-order valence-electron chi connectivity index (χ2n) is 5.03. The van der Waals surface area contributed by atoms with Crippen molar-refractivity contribution < 1.29 is 9.47 Å². The van der Waals surface area contributed by atoms with Crippen molar-refractivity contribution in [1.29, 1.82) is 0 Å². The summed E-state index contributed by atoms with van der Waals surface area (Å²) >= 11 is 0. The summed E-state index contributed by atoms with van der Waals surface area (Å²) in [6.07, 6.45) is 4.52. The van der Waals surface area contributed by atoms with Gasteiger partial charge in [0.05, 0.1) is 14.2 Å². The van der Waals surface area contributed by atoms with Crippen molar-refractivity contribution >= 4 is 5.71 Å². The molecule has 3 heteroatoms. The molecule has 1 heterocycles. The predicted molar refractivity (Wildman–Crippen MR) is 72.0 cm³/mol. The van der Waals surface area contributed by atoms with Crippen LogP contribution in [0.2, 0.25) is 0 Å². The van der Waals surface area contributed by atoms with Gasteiger partial charge in [-0.1, -0.05) is 6.07 Å². The van der Waals surface area contributed by atoms with E-state index in [-0.39, 0.29) is 0 Å². The Morgan fingerprint density at radius 2 is 2.11 bits per heavy atom. The molecule has 2 aliphatic rings.